The first-order valence-corrected chi connectivity index (χ1v) is 5.37. The molecule has 18 heavy (non-hydrogen) atoms. The molecule has 1 aromatic rings. The van der Waals surface area contributed by atoms with Crippen LogP contribution >= 0.6 is 0 Å². The Morgan fingerprint density at radius 2 is 2.17 bits per heavy atom. The lowest BCUT2D eigenvalue weighted by Crippen LogP contribution is -2.35. The number of hydrogen-bond acceptors (Lipinski definition) is 4. The van der Waals surface area contributed by atoms with E-state index >= 15 is 0 Å². The normalized spacial score (nSPS) is 11.9. The average Bonchev–Trinajstić information content (AvgIpc) is 2.30. The van der Waals surface area contributed by atoms with Crippen LogP contribution < -0.4 is 11.1 Å². The van der Waals surface area contributed by atoms with Gasteiger partial charge in [0.15, 0.2) is 0 Å². The van der Waals surface area contributed by atoms with E-state index in [1.54, 1.807) is 13.0 Å². The van der Waals surface area contributed by atoms with Crippen molar-refractivity contribution in [3.05, 3.63) is 29.3 Å². The van der Waals surface area contributed by atoms with Gasteiger partial charge in [-0.3, -0.25) is 4.79 Å². The number of nitrogens with one attached hydrogen (secondary N) is 1. The number of aromatic carboxylic acids is 1. The Bertz CT molecular complexity index is 455. The topological polar surface area (TPSA) is 102 Å². The van der Waals surface area contributed by atoms with E-state index in [-0.39, 0.29) is 18.0 Å². The average molecular weight is 252 g/mol. The standard InChI is InChI=1S/C12H16N2O4/c1-7-5-8(3-4-9(7)12(16)17)14-11(15)10(6-13)18-2/h3-5,10H,6,13H2,1-2H3,(H,14,15)(H,16,17). The van der Waals surface area contributed by atoms with Gasteiger partial charge in [0.2, 0.25) is 0 Å². The van der Waals surface area contributed by atoms with Crippen molar-refractivity contribution in [3.63, 3.8) is 0 Å². The van der Waals surface area contributed by atoms with Crippen molar-refractivity contribution < 1.29 is 19.4 Å². The number of amides is 1. The Morgan fingerprint density at radius 1 is 1.50 bits per heavy atom. The van der Waals surface area contributed by atoms with E-state index in [0.717, 1.165) is 0 Å². The number of nitrogens with two attached hydrogens (primary N) is 1. The van der Waals surface area contributed by atoms with Crippen LogP contribution in [0.1, 0.15) is 15.9 Å². The number of methoxy groups -OCH3 is 1. The number of anilines is 1. The molecule has 1 rings (SSSR count). The molecule has 0 bridgehead atoms. The van der Waals surface area contributed by atoms with Gasteiger partial charge in [-0.15, -0.1) is 0 Å². The van der Waals surface area contributed by atoms with Gasteiger partial charge in [0.05, 0.1) is 5.56 Å². The molecule has 0 spiro atoms. The highest BCUT2D eigenvalue weighted by Gasteiger charge is 2.16. The molecule has 0 aliphatic rings. The number of aryl methyl sites for hydroxylation is 1. The fraction of sp³-hybridized carbons (Fsp3) is 0.333. The van der Waals surface area contributed by atoms with Crippen LogP contribution in [-0.4, -0.2) is 36.7 Å². The van der Waals surface area contributed by atoms with Gasteiger partial charge in [0.1, 0.15) is 6.10 Å². The van der Waals surface area contributed by atoms with Crippen molar-refractivity contribution in [2.24, 2.45) is 5.73 Å². The number of carboxylic acids is 1. The number of carbonyl (C=O) groups excluding carboxylic acids is 1. The molecule has 98 valence electrons. The maximum Gasteiger partial charge on any atom is 0.335 e. The highest BCUT2D eigenvalue weighted by atomic mass is 16.5. The lowest BCUT2D eigenvalue weighted by atomic mass is 10.1. The molecule has 6 nitrogen and oxygen atoms in total. The highest BCUT2D eigenvalue weighted by molar-refractivity contribution is 5.95. The Hall–Kier alpha value is -1.92. The third kappa shape index (κ3) is 3.28. The van der Waals surface area contributed by atoms with Gasteiger partial charge in [-0.05, 0) is 30.7 Å². The van der Waals surface area contributed by atoms with Gasteiger partial charge in [-0.2, -0.15) is 0 Å². The van der Waals surface area contributed by atoms with Crippen LogP contribution in [0.2, 0.25) is 0 Å². The molecule has 0 fully saturated rings. The van der Waals surface area contributed by atoms with Gasteiger partial charge in [-0.25, -0.2) is 4.79 Å². The van der Waals surface area contributed by atoms with Gasteiger partial charge in [-0.1, -0.05) is 0 Å². The minimum absolute atomic E-state index is 0.0779. The van der Waals surface area contributed by atoms with E-state index in [9.17, 15) is 9.59 Å². The summed E-state index contributed by atoms with van der Waals surface area (Å²) < 4.78 is 4.89. The minimum Gasteiger partial charge on any atom is -0.478 e. The molecule has 0 aromatic heterocycles. The van der Waals surface area contributed by atoms with Crippen molar-refractivity contribution >= 4 is 17.6 Å². The highest BCUT2D eigenvalue weighted by Crippen LogP contribution is 2.15. The number of rotatable bonds is 5. The monoisotopic (exact) mass is 252 g/mol. The predicted molar refractivity (Wildman–Crippen MR) is 66.6 cm³/mol. The molecule has 0 heterocycles. The summed E-state index contributed by atoms with van der Waals surface area (Å²) in [6.07, 6.45) is -0.718. The van der Waals surface area contributed by atoms with E-state index in [1.165, 1.54) is 19.2 Å². The molecule has 1 aromatic carbocycles. The van der Waals surface area contributed by atoms with Crippen LogP contribution in [0.25, 0.3) is 0 Å². The van der Waals surface area contributed by atoms with Gasteiger partial charge in [0.25, 0.3) is 5.91 Å². The molecule has 1 atom stereocenters. The molecule has 6 heteroatoms. The molecule has 0 aliphatic carbocycles. The molecule has 1 unspecified atom stereocenters. The van der Waals surface area contributed by atoms with Crippen LogP contribution in [0.3, 0.4) is 0 Å². The Labute approximate surface area is 105 Å². The second kappa shape index (κ2) is 6.13. The summed E-state index contributed by atoms with van der Waals surface area (Å²) in [5.74, 6) is -1.36. The van der Waals surface area contributed by atoms with E-state index in [1.807, 2.05) is 0 Å². The maximum atomic E-state index is 11.7. The van der Waals surface area contributed by atoms with E-state index < -0.39 is 12.1 Å². The quantitative estimate of drug-likeness (QED) is 0.712. The number of carbonyl (C=O) groups is 2. The molecule has 0 saturated carbocycles. The smallest absolute Gasteiger partial charge is 0.335 e. The largest absolute Gasteiger partial charge is 0.478 e. The SMILES string of the molecule is COC(CN)C(=O)Nc1ccc(C(=O)O)c(C)c1. The van der Waals surface area contributed by atoms with Gasteiger partial charge in [0, 0.05) is 19.3 Å². The third-order valence-electron chi connectivity index (χ3n) is 2.52. The summed E-state index contributed by atoms with van der Waals surface area (Å²) in [6, 6.07) is 4.56. The first-order chi connectivity index (χ1) is 8.49. The second-order valence-corrected chi connectivity index (χ2v) is 3.78. The fourth-order valence-corrected chi connectivity index (χ4v) is 1.51. The second-order valence-electron chi connectivity index (χ2n) is 3.78. The molecular formula is C12H16N2O4. The lowest BCUT2D eigenvalue weighted by molar-refractivity contribution is -0.125. The Kier molecular flexibility index (Phi) is 4.82. The summed E-state index contributed by atoms with van der Waals surface area (Å²) in [7, 11) is 1.40. The van der Waals surface area contributed by atoms with Gasteiger partial charge >= 0.3 is 5.97 Å². The van der Waals surface area contributed by atoms with Crippen molar-refractivity contribution in [1.29, 1.82) is 0 Å². The fourth-order valence-electron chi connectivity index (χ4n) is 1.51. The van der Waals surface area contributed by atoms with E-state index in [4.69, 9.17) is 15.6 Å². The third-order valence-corrected chi connectivity index (χ3v) is 2.52. The summed E-state index contributed by atoms with van der Waals surface area (Å²) in [4.78, 5) is 22.5. The maximum absolute atomic E-state index is 11.7. The van der Waals surface area contributed by atoms with E-state index in [2.05, 4.69) is 5.32 Å². The number of benzene rings is 1. The van der Waals surface area contributed by atoms with Crippen LogP contribution in [0.4, 0.5) is 5.69 Å². The van der Waals surface area contributed by atoms with Crippen LogP contribution in [0.15, 0.2) is 18.2 Å². The van der Waals surface area contributed by atoms with Crippen molar-refractivity contribution in [1.82, 2.24) is 0 Å². The van der Waals surface area contributed by atoms with Crippen LogP contribution in [0, 0.1) is 6.92 Å². The first kappa shape index (κ1) is 14.1. The molecule has 1 amide bonds. The predicted octanol–water partition coefficient (Wildman–Crippen LogP) is 0.605. The first-order valence-electron chi connectivity index (χ1n) is 5.37. The molecular weight excluding hydrogens is 236 g/mol. The van der Waals surface area contributed by atoms with Crippen LogP contribution in [-0.2, 0) is 9.53 Å². The van der Waals surface area contributed by atoms with Crippen molar-refractivity contribution in [3.8, 4) is 0 Å². The Morgan fingerprint density at radius 3 is 2.61 bits per heavy atom. The zero-order valence-corrected chi connectivity index (χ0v) is 10.3. The lowest BCUT2D eigenvalue weighted by Gasteiger charge is -2.13. The zero-order valence-electron chi connectivity index (χ0n) is 10.3. The summed E-state index contributed by atoms with van der Waals surface area (Å²) in [6.45, 7) is 1.74. The number of carboxylic acid groups (broad SMARTS) is 1. The molecule has 0 saturated heterocycles. The Balaban J connectivity index is 2.83. The molecule has 0 radical (unpaired) electrons. The van der Waals surface area contributed by atoms with E-state index in [0.29, 0.717) is 11.3 Å². The number of hydrogen-bond donors (Lipinski definition) is 3. The summed E-state index contributed by atoms with van der Waals surface area (Å²) >= 11 is 0. The van der Waals surface area contributed by atoms with Gasteiger partial charge < -0.3 is 20.9 Å². The summed E-state index contributed by atoms with van der Waals surface area (Å²) in [5.41, 5.74) is 6.66. The molecule has 4 N–H and O–H groups in total. The zero-order chi connectivity index (χ0) is 13.7. The molecule has 0 aliphatic heterocycles. The van der Waals surface area contributed by atoms with Crippen molar-refractivity contribution in [2.75, 3.05) is 19.0 Å². The van der Waals surface area contributed by atoms with Crippen molar-refractivity contribution in [2.45, 2.75) is 13.0 Å². The number of ether oxygens (including phenoxy) is 1. The minimum atomic E-state index is -0.998. The summed E-state index contributed by atoms with van der Waals surface area (Å²) in [5, 5.41) is 11.5. The van der Waals surface area contributed by atoms with Crippen LogP contribution in [0.5, 0.6) is 0 Å².